The van der Waals surface area contributed by atoms with Crippen molar-refractivity contribution in [1.29, 1.82) is 0 Å². The third-order valence-electron chi connectivity index (χ3n) is 1.81. The van der Waals surface area contributed by atoms with Gasteiger partial charge in [-0.1, -0.05) is 0 Å². The van der Waals surface area contributed by atoms with E-state index in [0.29, 0.717) is 6.04 Å². The first-order chi connectivity index (χ1) is 5.74. The Labute approximate surface area is 73.4 Å². The molecular formula is C9H16N2O. The second-order valence-corrected chi connectivity index (χ2v) is 3.15. The minimum Gasteiger partial charge on any atom is -0.384 e. The highest BCUT2D eigenvalue weighted by Crippen LogP contribution is 2.05. The zero-order chi connectivity index (χ0) is 8.97. The molecule has 0 radical (unpaired) electrons. The van der Waals surface area contributed by atoms with Gasteiger partial charge in [-0.05, 0) is 13.8 Å². The summed E-state index contributed by atoms with van der Waals surface area (Å²) in [6, 6.07) is 0.494. The van der Waals surface area contributed by atoms with Crippen molar-refractivity contribution in [2.75, 3.05) is 13.7 Å². The average molecular weight is 168 g/mol. The molecule has 0 aliphatic rings. The van der Waals surface area contributed by atoms with Gasteiger partial charge in [0.2, 0.25) is 0 Å². The highest BCUT2D eigenvalue weighted by molar-refractivity contribution is 4.97. The standard InChI is InChI=1S/C9H16N2O/c1-8(2)11-6-9(10-7-11)4-5-12-3/h6-8H,4-5H2,1-3H3. The molecule has 1 aromatic rings. The SMILES string of the molecule is COCCc1cn(C(C)C)cn1. The molecule has 0 aromatic carbocycles. The minimum absolute atomic E-state index is 0.494. The van der Waals surface area contributed by atoms with Gasteiger partial charge in [0, 0.05) is 25.8 Å². The summed E-state index contributed by atoms with van der Waals surface area (Å²) in [5.41, 5.74) is 1.10. The quantitative estimate of drug-likeness (QED) is 0.683. The zero-order valence-electron chi connectivity index (χ0n) is 7.95. The van der Waals surface area contributed by atoms with Gasteiger partial charge in [-0.3, -0.25) is 0 Å². The maximum absolute atomic E-state index is 4.97. The number of hydrogen-bond acceptors (Lipinski definition) is 2. The number of nitrogens with zero attached hydrogens (tertiary/aromatic N) is 2. The van der Waals surface area contributed by atoms with Gasteiger partial charge >= 0.3 is 0 Å². The Balaban J connectivity index is 2.52. The second kappa shape index (κ2) is 4.26. The molecule has 0 atom stereocenters. The summed E-state index contributed by atoms with van der Waals surface area (Å²) in [6.45, 7) is 5.03. The molecule has 0 bridgehead atoms. The van der Waals surface area contributed by atoms with Gasteiger partial charge < -0.3 is 9.30 Å². The van der Waals surface area contributed by atoms with E-state index in [-0.39, 0.29) is 0 Å². The van der Waals surface area contributed by atoms with E-state index < -0.39 is 0 Å². The lowest BCUT2D eigenvalue weighted by Gasteiger charge is -2.03. The topological polar surface area (TPSA) is 27.1 Å². The van der Waals surface area contributed by atoms with Crippen molar-refractivity contribution in [2.45, 2.75) is 26.3 Å². The van der Waals surface area contributed by atoms with E-state index in [1.54, 1.807) is 7.11 Å². The largest absolute Gasteiger partial charge is 0.384 e. The third-order valence-corrected chi connectivity index (χ3v) is 1.81. The molecule has 0 saturated carbocycles. The molecular weight excluding hydrogens is 152 g/mol. The van der Waals surface area contributed by atoms with Crippen molar-refractivity contribution in [3.05, 3.63) is 18.2 Å². The Morgan fingerprint density at radius 1 is 1.58 bits per heavy atom. The Morgan fingerprint density at radius 2 is 2.33 bits per heavy atom. The molecule has 0 amide bonds. The van der Waals surface area contributed by atoms with Crippen LogP contribution in [0, 0.1) is 0 Å². The van der Waals surface area contributed by atoms with E-state index >= 15 is 0 Å². The Kier molecular flexibility index (Phi) is 3.29. The van der Waals surface area contributed by atoms with Crippen LogP contribution in [0.5, 0.6) is 0 Å². The summed E-state index contributed by atoms with van der Waals surface area (Å²) in [5.74, 6) is 0. The average Bonchev–Trinajstić information content (AvgIpc) is 2.48. The van der Waals surface area contributed by atoms with Gasteiger partial charge in [0.1, 0.15) is 0 Å². The van der Waals surface area contributed by atoms with Crippen molar-refractivity contribution in [3.63, 3.8) is 0 Å². The minimum atomic E-state index is 0.494. The first kappa shape index (κ1) is 9.26. The van der Waals surface area contributed by atoms with Crippen molar-refractivity contribution < 1.29 is 4.74 Å². The highest BCUT2D eigenvalue weighted by atomic mass is 16.5. The molecule has 0 N–H and O–H groups in total. The third kappa shape index (κ3) is 2.34. The molecule has 0 aliphatic carbocycles. The molecule has 1 aromatic heterocycles. The lowest BCUT2D eigenvalue weighted by Crippen LogP contribution is -1.97. The van der Waals surface area contributed by atoms with Crippen molar-refractivity contribution >= 4 is 0 Å². The number of ether oxygens (including phenoxy) is 1. The molecule has 3 heteroatoms. The second-order valence-electron chi connectivity index (χ2n) is 3.15. The summed E-state index contributed by atoms with van der Waals surface area (Å²) in [6.07, 6.45) is 4.84. The molecule has 3 nitrogen and oxygen atoms in total. The summed E-state index contributed by atoms with van der Waals surface area (Å²) < 4.78 is 7.07. The predicted molar refractivity (Wildman–Crippen MR) is 48.2 cm³/mol. The summed E-state index contributed by atoms with van der Waals surface area (Å²) in [5, 5.41) is 0. The molecule has 0 spiro atoms. The van der Waals surface area contributed by atoms with Gasteiger partial charge in [0.25, 0.3) is 0 Å². The first-order valence-electron chi connectivity index (χ1n) is 4.25. The van der Waals surface area contributed by atoms with E-state index in [0.717, 1.165) is 18.7 Å². The smallest absolute Gasteiger partial charge is 0.0951 e. The molecule has 1 rings (SSSR count). The van der Waals surface area contributed by atoms with Crippen LogP contribution < -0.4 is 0 Å². The molecule has 0 unspecified atom stereocenters. The summed E-state index contributed by atoms with van der Waals surface area (Å²) >= 11 is 0. The summed E-state index contributed by atoms with van der Waals surface area (Å²) in [4.78, 5) is 4.26. The van der Waals surface area contributed by atoms with Crippen LogP contribution in [0.1, 0.15) is 25.6 Å². The van der Waals surface area contributed by atoms with E-state index in [4.69, 9.17) is 4.74 Å². The fraction of sp³-hybridized carbons (Fsp3) is 0.667. The van der Waals surface area contributed by atoms with Gasteiger partial charge in [-0.15, -0.1) is 0 Å². The molecule has 0 saturated heterocycles. The van der Waals surface area contributed by atoms with Crippen LogP contribution in [-0.4, -0.2) is 23.3 Å². The van der Waals surface area contributed by atoms with Gasteiger partial charge in [-0.25, -0.2) is 4.98 Å². The van der Waals surface area contributed by atoms with Gasteiger partial charge in [0.15, 0.2) is 0 Å². The van der Waals surface area contributed by atoms with Crippen LogP contribution in [-0.2, 0) is 11.2 Å². The highest BCUT2D eigenvalue weighted by Gasteiger charge is 2.00. The molecule has 12 heavy (non-hydrogen) atoms. The summed E-state index contributed by atoms with van der Waals surface area (Å²) in [7, 11) is 1.71. The molecule has 0 fully saturated rings. The van der Waals surface area contributed by atoms with Crippen molar-refractivity contribution in [1.82, 2.24) is 9.55 Å². The Morgan fingerprint density at radius 3 is 2.83 bits per heavy atom. The van der Waals surface area contributed by atoms with Crippen LogP contribution >= 0.6 is 0 Å². The van der Waals surface area contributed by atoms with Crippen molar-refractivity contribution in [2.24, 2.45) is 0 Å². The maximum Gasteiger partial charge on any atom is 0.0951 e. The van der Waals surface area contributed by atoms with E-state index in [9.17, 15) is 0 Å². The van der Waals surface area contributed by atoms with Crippen molar-refractivity contribution in [3.8, 4) is 0 Å². The van der Waals surface area contributed by atoms with Gasteiger partial charge in [0.05, 0.1) is 18.6 Å². The van der Waals surface area contributed by atoms with E-state index in [1.807, 2.05) is 6.33 Å². The van der Waals surface area contributed by atoms with E-state index in [2.05, 4.69) is 29.6 Å². The number of imidazole rings is 1. The number of methoxy groups -OCH3 is 1. The Hall–Kier alpha value is -0.830. The normalized spacial score (nSPS) is 11.0. The molecule has 0 aliphatic heterocycles. The monoisotopic (exact) mass is 168 g/mol. The maximum atomic E-state index is 4.97. The zero-order valence-corrected chi connectivity index (χ0v) is 7.95. The van der Waals surface area contributed by atoms with Crippen LogP contribution in [0.15, 0.2) is 12.5 Å². The van der Waals surface area contributed by atoms with Gasteiger partial charge in [-0.2, -0.15) is 0 Å². The Bertz CT molecular complexity index is 230. The fourth-order valence-corrected chi connectivity index (χ4v) is 0.998. The van der Waals surface area contributed by atoms with Crippen LogP contribution in [0.4, 0.5) is 0 Å². The molecule has 68 valence electrons. The fourth-order valence-electron chi connectivity index (χ4n) is 0.998. The van der Waals surface area contributed by atoms with Crippen LogP contribution in [0.25, 0.3) is 0 Å². The number of aromatic nitrogens is 2. The van der Waals surface area contributed by atoms with Crippen LogP contribution in [0.3, 0.4) is 0 Å². The van der Waals surface area contributed by atoms with E-state index in [1.165, 1.54) is 0 Å². The lowest BCUT2D eigenvalue weighted by molar-refractivity contribution is 0.201. The van der Waals surface area contributed by atoms with Crippen LogP contribution in [0.2, 0.25) is 0 Å². The molecule has 1 heterocycles. The predicted octanol–water partition coefficient (Wildman–Crippen LogP) is 1.65. The number of rotatable bonds is 4. The first-order valence-corrected chi connectivity index (χ1v) is 4.25. The number of hydrogen-bond donors (Lipinski definition) is 0. The lowest BCUT2D eigenvalue weighted by atomic mass is 10.3.